The van der Waals surface area contributed by atoms with E-state index >= 15 is 0 Å². The number of hydrogen-bond acceptors (Lipinski definition) is 4. The largest absolute Gasteiger partial charge is 0.389 e. The molecule has 1 aliphatic carbocycles. The number of nitrogens with one attached hydrogen (secondary N) is 1. The Morgan fingerprint density at radius 1 is 1.60 bits per heavy atom. The first-order valence-electron chi connectivity index (χ1n) is 6.33. The average molecular weight is 347 g/mol. The quantitative estimate of drug-likeness (QED) is 0.631. The SMILES string of the molecule is CC(C)(O)CNc1c([N+](=O)[O-])cc(Br)c(F)c1C1CC1. The summed E-state index contributed by atoms with van der Waals surface area (Å²) in [6.45, 7) is 3.27. The topological polar surface area (TPSA) is 75.4 Å². The second-order valence-corrected chi connectivity index (χ2v) is 6.53. The molecule has 0 aliphatic heterocycles. The van der Waals surface area contributed by atoms with Crippen molar-refractivity contribution in [1.29, 1.82) is 0 Å². The van der Waals surface area contributed by atoms with Crippen molar-refractivity contribution in [3.63, 3.8) is 0 Å². The highest BCUT2D eigenvalue weighted by molar-refractivity contribution is 9.10. The second-order valence-electron chi connectivity index (χ2n) is 5.68. The lowest BCUT2D eigenvalue weighted by Crippen LogP contribution is -2.30. The normalized spacial score (nSPS) is 15.2. The first-order valence-corrected chi connectivity index (χ1v) is 7.12. The maximum atomic E-state index is 14.2. The van der Waals surface area contributed by atoms with E-state index < -0.39 is 16.3 Å². The molecule has 1 aliphatic rings. The average Bonchev–Trinajstić information content (AvgIpc) is 3.12. The van der Waals surface area contributed by atoms with Gasteiger partial charge in [0.15, 0.2) is 0 Å². The highest BCUT2D eigenvalue weighted by Gasteiger charge is 2.35. The van der Waals surface area contributed by atoms with Crippen molar-refractivity contribution in [2.45, 2.75) is 38.2 Å². The van der Waals surface area contributed by atoms with Crippen molar-refractivity contribution in [3.8, 4) is 0 Å². The maximum absolute atomic E-state index is 14.2. The zero-order chi connectivity index (χ0) is 15.1. The summed E-state index contributed by atoms with van der Waals surface area (Å²) >= 11 is 3.03. The van der Waals surface area contributed by atoms with Gasteiger partial charge in [-0.25, -0.2) is 4.39 Å². The van der Waals surface area contributed by atoms with Crippen LogP contribution in [0.15, 0.2) is 10.5 Å². The molecule has 0 radical (unpaired) electrons. The molecule has 1 aromatic rings. The molecule has 1 saturated carbocycles. The Morgan fingerprint density at radius 2 is 2.20 bits per heavy atom. The summed E-state index contributed by atoms with van der Waals surface area (Å²) in [5.41, 5.74) is -0.696. The van der Waals surface area contributed by atoms with Crippen molar-refractivity contribution in [2.24, 2.45) is 0 Å². The van der Waals surface area contributed by atoms with Crippen molar-refractivity contribution < 1.29 is 14.4 Å². The van der Waals surface area contributed by atoms with Gasteiger partial charge in [-0.15, -0.1) is 0 Å². The van der Waals surface area contributed by atoms with Crippen LogP contribution in [0.2, 0.25) is 0 Å². The van der Waals surface area contributed by atoms with Crippen LogP contribution in [0.4, 0.5) is 15.8 Å². The van der Waals surface area contributed by atoms with E-state index in [4.69, 9.17) is 0 Å². The predicted molar refractivity (Wildman–Crippen MR) is 77.5 cm³/mol. The van der Waals surface area contributed by atoms with Gasteiger partial charge >= 0.3 is 0 Å². The van der Waals surface area contributed by atoms with Crippen LogP contribution in [0.5, 0.6) is 0 Å². The van der Waals surface area contributed by atoms with Crippen LogP contribution in [0.25, 0.3) is 0 Å². The summed E-state index contributed by atoms with van der Waals surface area (Å²) in [6.07, 6.45) is 1.64. The third-order valence-corrected chi connectivity index (χ3v) is 3.69. The molecular formula is C13H16BrFN2O3. The predicted octanol–water partition coefficient (Wildman–Crippen LogP) is 3.56. The summed E-state index contributed by atoms with van der Waals surface area (Å²) in [7, 11) is 0. The lowest BCUT2D eigenvalue weighted by molar-refractivity contribution is -0.384. The van der Waals surface area contributed by atoms with Crippen LogP contribution in [0, 0.1) is 15.9 Å². The summed E-state index contributed by atoms with van der Waals surface area (Å²) in [5.74, 6) is -0.452. The Bertz CT molecular complexity index is 554. The fourth-order valence-corrected chi connectivity index (χ4v) is 2.45. The number of nitro groups is 1. The smallest absolute Gasteiger partial charge is 0.293 e. The number of anilines is 1. The molecule has 1 fully saturated rings. The van der Waals surface area contributed by atoms with E-state index in [0.29, 0.717) is 5.56 Å². The van der Waals surface area contributed by atoms with Crippen LogP contribution in [-0.4, -0.2) is 22.2 Å². The molecule has 0 saturated heterocycles. The van der Waals surface area contributed by atoms with Crippen molar-refractivity contribution in [3.05, 3.63) is 32.0 Å². The number of halogens is 2. The molecule has 0 heterocycles. The van der Waals surface area contributed by atoms with Gasteiger partial charge in [0.05, 0.1) is 15.0 Å². The first kappa shape index (κ1) is 15.2. The molecule has 0 amide bonds. The van der Waals surface area contributed by atoms with Gasteiger partial charge in [0.2, 0.25) is 0 Å². The lowest BCUT2D eigenvalue weighted by Gasteiger charge is -2.20. The van der Waals surface area contributed by atoms with Crippen LogP contribution in [-0.2, 0) is 0 Å². The van der Waals surface area contributed by atoms with E-state index in [9.17, 15) is 19.6 Å². The molecule has 2 rings (SSSR count). The number of hydrogen-bond donors (Lipinski definition) is 2. The molecule has 7 heteroatoms. The van der Waals surface area contributed by atoms with E-state index in [1.165, 1.54) is 0 Å². The van der Waals surface area contributed by atoms with Crippen LogP contribution in [0.3, 0.4) is 0 Å². The van der Waals surface area contributed by atoms with Crippen LogP contribution < -0.4 is 5.32 Å². The van der Waals surface area contributed by atoms with E-state index in [2.05, 4.69) is 21.2 Å². The summed E-state index contributed by atoms with van der Waals surface area (Å²) < 4.78 is 14.3. The second kappa shape index (κ2) is 5.29. The summed E-state index contributed by atoms with van der Waals surface area (Å²) in [4.78, 5) is 10.6. The maximum Gasteiger partial charge on any atom is 0.293 e. The zero-order valence-corrected chi connectivity index (χ0v) is 12.8. The number of rotatable bonds is 5. The fraction of sp³-hybridized carbons (Fsp3) is 0.538. The van der Waals surface area contributed by atoms with Crippen LogP contribution in [0.1, 0.15) is 38.2 Å². The lowest BCUT2D eigenvalue weighted by atomic mass is 10.0. The molecule has 0 spiro atoms. The minimum atomic E-state index is -1.04. The molecule has 110 valence electrons. The minimum Gasteiger partial charge on any atom is -0.389 e. The highest BCUT2D eigenvalue weighted by atomic mass is 79.9. The van der Waals surface area contributed by atoms with Gasteiger partial charge in [0.1, 0.15) is 11.5 Å². The minimum absolute atomic E-state index is 0.00973. The number of nitrogens with zero attached hydrogens (tertiary/aromatic N) is 1. The summed E-state index contributed by atoms with van der Waals surface area (Å²) in [5, 5.41) is 23.7. The molecule has 1 aromatic carbocycles. The van der Waals surface area contributed by atoms with Crippen molar-refractivity contribution in [2.75, 3.05) is 11.9 Å². The molecule has 0 bridgehead atoms. The molecular weight excluding hydrogens is 331 g/mol. The zero-order valence-electron chi connectivity index (χ0n) is 11.2. The van der Waals surface area contributed by atoms with E-state index in [1.54, 1.807) is 13.8 Å². The van der Waals surface area contributed by atoms with Gasteiger partial charge in [0, 0.05) is 18.2 Å². The van der Waals surface area contributed by atoms with E-state index in [0.717, 1.165) is 18.9 Å². The molecule has 0 atom stereocenters. The Hall–Kier alpha value is -1.21. The molecule has 0 unspecified atom stereocenters. The van der Waals surface area contributed by atoms with Gasteiger partial charge in [-0.2, -0.15) is 0 Å². The Morgan fingerprint density at radius 3 is 2.65 bits per heavy atom. The standard InChI is InChI=1S/C13H16BrFN2O3/c1-13(2,18)6-16-12-9(17(19)20)5-8(14)11(15)10(12)7-3-4-7/h5,7,16,18H,3-4,6H2,1-2H3. The molecule has 20 heavy (non-hydrogen) atoms. The first-order chi connectivity index (χ1) is 9.20. The van der Waals surface area contributed by atoms with Gasteiger partial charge in [-0.1, -0.05) is 0 Å². The number of aliphatic hydroxyl groups is 1. The fourth-order valence-electron chi connectivity index (χ4n) is 2.02. The van der Waals surface area contributed by atoms with Gasteiger partial charge in [-0.3, -0.25) is 10.1 Å². The third-order valence-electron chi connectivity index (χ3n) is 3.12. The molecule has 5 nitrogen and oxygen atoms in total. The highest BCUT2D eigenvalue weighted by Crippen LogP contribution is 2.49. The van der Waals surface area contributed by atoms with Crippen molar-refractivity contribution in [1.82, 2.24) is 0 Å². The van der Waals surface area contributed by atoms with Gasteiger partial charge in [0.25, 0.3) is 5.69 Å². The molecule has 0 aromatic heterocycles. The van der Waals surface area contributed by atoms with Gasteiger partial charge < -0.3 is 10.4 Å². The Kier molecular flexibility index (Phi) is 4.02. The van der Waals surface area contributed by atoms with Crippen LogP contribution >= 0.6 is 15.9 Å². The van der Waals surface area contributed by atoms with Crippen molar-refractivity contribution >= 4 is 27.3 Å². The summed E-state index contributed by atoms with van der Waals surface area (Å²) in [6, 6.07) is 1.16. The monoisotopic (exact) mass is 346 g/mol. The van der Waals surface area contributed by atoms with E-state index in [-0.39, 0.29) is 28.3 Å². The van der Waals surface area contributed by atoms with Gasteiger partial charge in [-0.05, 0) is 48.5 Å². The molecule has 2 N–H and O–H groups in total. The third kappa shape index (κ3) is 3.27. The Labute approximate surface area is 124 Å². The van der Waals surface area contributed by atoms with E-state index in [1.807, 2.05) is 0 Å². The number of nitro benzene ring substituents is 1. The number of benzene rings is 1. The Balaban J connectivity index is 2.49.